The van der Waals surface area contributed by atoms with Gasteiger partial charge in [0.1, 0.15) is 6.04 Å². The van der Waals surface area contributed by atoms with E-state index in [9.17, 15) is 4.79 Å². The van der Waals surface area contributed by atoms with E-state index in [1.54, 1.807) is 0 Å². The van der Waals surface area contributed by atoms with Gasteiger partial charge in [0.25, 0.3) is 0 Å². The highest BCUT2D eigenvalue weighted by atomic mass is 35.5. The van der Waals surface area contributed by atoms with Gasteiger partial charge in [-0.3, -0.25) is 4.79 Å². The molecule has 0 heterocycles. The summed E-state index contributed by atoms with van der Waals surface area (Å²) in [4.78, 5) is 11.6. The van der Waals surface area contributed by atoms with Gasteiger partial charge in [0.05, 0.1) is 6.61 Å². The minimum atomic E-state index is -0.256. The molecule has 0 bridgehead atoms. The van der Waals surface area contributed by atoms with Crippen LogP contribution in [0, 0.1) is 0 Å². The summed E-state index contributed by atoms with van der Waals surface area (Å²) in [6.07, 6.45) is 0.708. The highest BCUT2D eigenvalue weighted by molar-refractivity contribution is 6.30. The third kappa shape index (κ3) is 4.75. The van der Waals surface area contributed by atoms with Crippen molar-refractivity contribution in [2.24, 2.45) is 0 Å². The molecular formula is C13H18ClNO2. The number of ether oxygens (including phenoxy) is 1. The third-order valence-electron chi connectivity index (χ3n) is 2.42. The predicted molar refractivity (Wildman–Crippen MR) is 69.0 cm³/mol. The molecule has 0 aliphatic heterocycles. The van der Waals surface area contributed by atoms with Crippen LogP contribution in [0.15, 0.2) is 24.3 Å². The number of esters is 1. The maximum absolute atomic E-state index is 11.6. The lowest BCUT2D eigenvalue weighted by atomic mass is 10.2. The number of hydrogen-bond donors (Lipinski definition) is 1. The summed E-state index contributed by atoms with van der Waals surface area (Å²) in [5, 5.41) is 3.87. The van der Waals surface area contributed by atoms with E-state index < -0.39 is 0 Å². The largest absolute Gasteiger partial charge is 0.465 e. The van der Waals surface area contributed by atoms with Crippen LogP contribution >= 0.6 is 11.6 Å². The van der Waals surface area contributed by atoms with Gasteiger partial charge in [-0.15, -0.1) is 0 Å². The minimum Gasteiger partial charge on any atom is -0.465 e. The zero-order chi connectivity index (χ0) is 12.7. The molecule has 0 amide bonds. The van der Waals surface area contributed by atoms with Crippen molar-refractivity contribution in [3.63, 3.8) is 0 Å². The first kappa shape index (κ1) is 14.0. The molecular weight excluding hydrogens is 238 g/mol. The number of hydrogen-bond acceptors (Lipinski definition) is 3. The summed E-state index contributed by atoms with van der Waals surface area (Å²) in [5.41, 5.74) is 1.06. The molecule has 17 heavy (non-hydrogen) atoms. The lowest BCUT2D eigenvalue weighted by Crippen LogP contribution is -2.37. The standard InChI is InChI=1S/C13H18ClNO2/c1-3-12(13(16)17-4-2)15-9-10-6-5-7-11(14)8-10/h5-8,12,15H,3-4,9H2,1-2H3. The van der Waals surface area contributed by atoms with E-state index in [-0.39, 0.29) is 12.0 Å². The van der Waals surface area contributed by atoms with E-state index in [0.717, 1.165) is 5.56 Å². The molecule has 1 aromatic carbocycles. The summed E-state index contributed by atoms with van der Waals surface area (Å²) < 4.78 is 4.98. The van der Waals surface area contributed by atoms with Gasteiger partial charge in [-0.25, -0.2) is 0 Å². The maximum atomic E-state index is 11.6. The third-order valence-corrected chi connectivity index (χ3v) is 2.66. The Labute approximate surface area is 107 Å². The van der Waals surface area contributed by atoms with Crippen LogP contribution in [0.1, 0.15) is 25.8 Å². The molecule has 1 aromatic rings. The van der Waals surface area contributed by atoms with Crippen molar-refractivity contribution in [3.8, 4) is 0 Å². The van der Waals surface area contributed by atoms with Crippen molar-refractivity contribution in [1.29, 1.82) is 0 Å². The predicted octanol–water partition coefficient (Wildman–Crippen LogP) is 2.77. The van der Waals surface area contributed by atoms with Crippen molar-refractivity contribution in [1.82, 2.24) is 5.32 Å². The smallest absolute Gasteiger partial charge is 0.323 e. The first-order valence-corrected chi connectivity index (χ1v) is 6.19. The maximum Gasteiger partial charge on any atom is 0.323 e. The van der Waals surface area contributed by atoms with Gasteiger partial charge in [0, 0.05) is 11.6 Å². The summed E-state index contributed by atoms with van der Waals surface area (Å²) in [5.74, 6) is -0.197. The molecule has 0 spiro atoms. The fourth-order valence-electron chi connectivity index (χ4n) is 1.53. The van der Waals surface area contributed by atoms with Crippen LogP contribution in [0.5, 0.6) is 0 Å². The molecule has 0 aliphatic rings. The van der Waals surface area contributed by atoms with Crippen LogP contribution in [0.25, 0.3) is 0 Å². The van der Waals surface area contributed by atoms with Gasteiger partial charge < -0.3 is 10.1 Å². The average Bonchev–Trinajstić information content (AvgIpc) is 2.30. The lowest BCUT2D eigenvalue weighted by Gasteiger charge is -2.15. The fraction of sp³-hybridized carbons (Fsp3) is 0.462. The zero-order valence-electron chi connectivity index (χ0n) is 10.2. The second-order valence-corrected chi connectivity index (χ2v) is 4.16. The Bertz CT molecular complexity index is 368. The van der Waals surface area contributed by atoms with Crippen molar-refractivity contribution in [3.05, 3.63) is 34.9 Å². The summed E-state index contributed by atoms with van der Waals surface area (Å²) in [7, 11) is 0. The molecule has 1 rings (SSSR count). The van der Waals surface area contributed by atoms with Crippen LogP contribution in [0.3, 0.4) is 0 Å². The molecule has 3 nitrogen and oxygen atoms in total. The van der Waals surface area contributed by atoms with Crippen LogP contribution in [-0.2, 0) is 16.1 Å². The Hall–Kier alpha value is -1.06. The Morgan fingerprint density at radius 2 is 2.24 bits per heavy atom. The molecule has 0 saturated heterocycles. The Balaban J connectivity index is 2.50. The second-order valence-electron chi connectivity index (χ2n) is 3.72. The van der Waals surface area contributed by atoms with Gasteiger partial charge in [0.15, 0.2) is 0 Å². The Kier molecular flexibility index (Phi) is 6.01. The molecule has 4 heteroatoms. The molecule has 1 atom stereocenters. The SMILES string of the molecule is CCOC(=O)C(CC)NCc1cccc(Cl)c1. The molecule has 0 aromatic heterocycles. The van der Waals surface area contributed by atoms with Crippen LogP contribution in [0.4, 0.5) is 0 Å². The number of benzene rings is 1. The highest BCUT2D eigenvalue weighted by Crippen LogP contribution is 2.10. The minimum absolute atomic E-state index is 0.197. The molecule has 0 aliphatic carbocycles. The van der Waals surface area contributed by atoms with Gasteiger partial charge in [-0.1, -0.05) is 30.7 Å². The van der Waals surface area contributed by atoms with Gasteiger partial charge in [-0.05, 0) is 31.0 Å². The lowest BCUT2D eigenvalue weighted by molar-refractivity contribution is -0.145. The quantitative estimate of drug-likeness (QED) is 0.795. The van der Waals surface area contributed by atoms with Gasteiger partial charge in [-0.2, -0.15) is 0 Å². The molecule has 1 unspecified atom stereocenters. The molecule has 94 valence electrons. The van der Waals surface area contributed by atoms with Crippen LogP contribution < -0.4 is 5.32 Å². The normalized spacial score (nSPS) is 12.2. The number of carbonyl (C=O) groups excluding carboxylic acids is 1. The molecule has 1 N–H and O–H groups in total. The van der Waals surface area contributed by atoms with Crippen LogP contribution in [-0.4, -0.2) is 18.6 Å². The monoisotopic (exact) mass is 255 g/mol. The van der Waals surface area contributed by atoms with Crippen molar-refractivity contribution in [2.45, 2.75) is 32.9 Å². The highest BCUT2D eigenvalue weighted by Gasteiger charge is 2.16. The molecule has 0 saturated carbocycles. The first-order chi connectivity index (χ1) is 8.17. The van der Waals surface area contributed by atoms with E-state index in [4.69, 9.17) is 16.3 Å². The second kappa shape index (κ2) is 7.30. The Morgan fingerprint density at radius 1 is 1.47 bits per heavy atom. The van der Waals surface area contributed by atoms with E-state index in [0.29, 0.717) is 24.6 Å². The molecule has 0 fully saturated rings. The van der Waals surface area contributed by atoms with E-state index >= 15 is 0 Å². The Morgan fingerprint density at radius 3 is 2.82 bits per heavy atom. The number of halogens is 1. The van der Waals surface area contributed by atoms with E-state index in [1.165, 1.54) is 0 Å². The average molecular weight is 256 g/mol. The number of carbonyl (C=O) groups is 1. The first-order valence-electron chi connectivity index (χ1n) is 5.81. The van der Waals surface area contributed by atoms with E-state index in [1.807, 2.05) is 38.1 Å². The summed E-state index contributed by atoms with van der Waals surface area (Å²) >= 11 is 5.89. The van der Waals surface area contributed by atoms with Crippen LogP contribution in [0.2, 0.25) is 5.02 Å². The summed E-state index contributed by atoms with van der Waals surface area (Å²) in [6.45, 7) is 4.78. The van der Waals surface area contributed by atoms with E-state index in [2.05, 4.69) is 5.32 Å². The summed E-state index contributed by atoms with van der Waals surface area (Å²) in [6, 6.07) is 7.32. The zero-order valence-corrected chi connectivity index (χ0v) is 11.0. The van der Waals surface area contributed by atoms with Crippen molar-refractivity contribution < 1.29 is 9.53 Å². The number of rotatable bonds is 6. The molecule has 0 radical (unpaired) electrons. The topological polar surface area (TPSA) is 38.3 Å². The number of nitrogens with one attached hydrogen (secondary N) is 1. The van der Waals surface area contributed by atoms with Gasteiger partial charge >= 0.3 is 5.97 Å². The van der Waals surface area contributed by atoms with Gasteiger partial charge in [0.2, 0.25) is 0 Å². The fourth-order valence-corrected chi connectivity index (χ4v) is 1.74. The van der Waals surface area contributed by atoms with Crippen molar-refractivity contribution in [2.75, 3.05) is 6.61 Å². The van der Waals surface area contributed by atoms with Crippen molar-refractivity contribution >= 4 is 17.6 Å².